The highest BCUT2D eigenvalue weighted by molar-refractivity contribution is 6.30. The Morgan fingerprint density at radius 1 is 1.45 bits per heavy atom. The van der Waals surface area contributed by atoms with Gasteiger partial charge in [0.1, 0.15) is 5.69 Å². The second-order valence-electron chi connectivity index (χ2n) is 4.46. The summed E-state index contributed by atoms with van der Waals surface area (Å²) in [6.07, 6.45) is 1.54. The number of carbonyl (C=O) groups excluding carboxylic acids is 1. The molecule has 1 amide bonds. The van der Waals surface area contributed by atoms with Crippen LogP contribution in [0, 0.1) is 13.8 Å². The van der Waals surface area contributed by atoms with Crippen LogP contribution in [0.15, 0.2) is 23.1 Å². The molecule has 2 aromatic rings. The van der Waals surface area contributed by atoms with Crippen molar-refractivity contribution in [2.75, 3.05) is 6.54 Å². The molecule has 0 aliphatic carbocycles. The van der Waals surface area contributed by atoms with Crippen LogP contribution >= 0.6 is 11.6 Å². The van der Waals surface area contributed by atoms with E-state index in [1.54, 1.807) is 13.0 Å². The Hall–Kier alpha value is -2.08. The lowest BCUT2D eigenvalue weighted by molar-refractivity contribution is 0.0947. The highest BCUT2D eigenvalue weighted by Gasteiger charge is 2.08. The molecule has 0 bridgehead atoms. The number of carbonyl (C=O) groups is 1. The van der Waals surface area contributed by atoms with E-state index in [0.29, 0.717) is 29.5 Å². The lowest BCUT2D eigenvalue weighted by Gasteiger charge is -2.10. The quantitative estimate of drug-likeness (QED) is 0.891. The third-order valence-corrected chi connectivity index (χ3v) is 3.08. The Kier molecular flexibility index (Phi) is 4.24. The number of nitrogens with one attached hydrogen (secondary N) is 2. The zero-order chi connectivity index (χ0) is 14.7. The Balaban J connectivity index is 1.97. The summed E-state index contributed by atoms with van der Waals surface area (Å²) >= 11 is 5.73. The van der Waals surface area contributed by atoms with Gasteiger partial charge in [-0.2, -0.15) is 4.98 Å². The molecule has 7 heteroatoms. The van der Waals surface area contributed by atoms with Crippen LogP contribution in [0.25, 0.3) is 0 Å². The van der Waals surface area contributed by atoms with E-state index in [0.717, 1.165) is 5.69 Å². The fourth-order valence-corrected chi connectivity index (χ4v) is 2.09. The minimum absolute atomic E-state index is 0.261. The van der Waals surface area contributed by atoms with Crippen LogP contribution in [-0.2, 0) is 6.54 Å². The Morgan fingerprint density at radius 3 is 2.80 bits per heavy atom. The molecule has 2 N–H and O–H groups in total. The first-order chi connectivity index (χ1) is 9.47. The van der Waals surface area contributed by atoms with E-state index in [2.05, 4.69) is 15.3 Å². The number of nitrogens with zero attached hydrogens (tertiary/aromatic N) is 2. The summed E-state index contributed by atoms with van der Waals surface area (Å²) in [6.45, 7) is 4.32. The number of halogens is 1. The van der Waals surface area contributed by atoms with Gasteiger partial charge < -0.3 is 10.3 Å². The van der Waals surface area contributed by atoms with Crippen molar-refractivity contribution in [3.05, 3.63) is 50.9 Å². The number of aryl methyl sites for hydroxylation is 2. The summed E-state index contributed by atoms with van der Waals surface area (Å²) in [5.74, 6) is -0.261. The number of aromatic nitrogens is 3. The topological polar surface area (TPSA) is 79.8 Å². The molecular weight excluding hydrogens is 280 g/mol. The summed E-state index contributed by atoms with van der Waals surface area (Å²) in [4.78, 5) is 30.1. The van der Waals surface area contributed by atoms with Gasteiger partial charge >= 0.3 is 5.69 Å². The molecule has 0 aromatic carbocycles. The minimum Gasteiger partial charge on any atom is -0.356 e. The molecule has 0 aliphatic heterocycles. The summed E-state index contributed by atoms with van der Waals surface area (Å²) in [5.41, 5.74) is 1.59. The molecule has 0 saturated heterocycles. The lowest BCUT2D eigenvalue weighted by atomic mass is 10.3. The second-order valence-corrected chi connectivity index (χ2v) is 4.90. The highest BCUT2D eigenvalue weighted by atomic mass is 35.5. The van der Waals surface area contributed by atoms with E-state index < -0.39 is 0 Å². The minimum atomic E-state index is -0.306. The largest absolute Gasteiger partial charge is 0.356 e. The highest BCUT2D eigenvalue weighted by Crippen LogP contribution is 2.08. The molecule has 0 aliphatic rings. The average Bonchev–Trinajstić information content (AvgIpc) is 2.79. The normalized spacial score (nSPS) is 10.6. The van der Waals surface area contributed by atoms with Gasteiger partial charge in [0.25, 0.3) is 5.91 Å². The summed E-state index contributed by atoms with van der Waals surface area (Å²) in [7, 11) is 0. The molecule has 0 atom stereocenters. The van der Waals surface area contributed by atoms with Crippen LogP contribution in [0.3, 0.4) is 0 Å². The summed E-state index contributed by atoms with van der Waals surface area (Å²) in [5, 5.41) is 3.19. The van der Waals surface area contributed by atoms with Crippen molar-refractivity contribution in [2.45, 2.75) is 20.4 Å². The average molecular weight is 295 g/mol. The first-order valence-corrected chi connectivity index (χ1v) is 6.52. The van der Waals surface area contributed by atoms with Crippen LogP contribution in [0.4, 0.5) is 0 Å². The molecule has 2 aromatic heterocycles. The van der Waals surface area contributed by atoms with Crippen LogP contribution in [0.1, 0.15) is 21.9 Å². The lowest BCUT2D eigenvalue weighted by Crippen LogP contribution is -2.33. The maximum absolute atomic E-state index is 11.8. The molecule has 20 heavy (non-hydrogen) atoms. The van der Waals surface area contributed by atoms with Gasteiger partial charge in [-0.15, -0.1) is 0 Å². The van der Waals surface area contributed by atoms with E-state index in [9.17, 15) is 9.59 Å². The monoisotopic (exact) mass is 294 g/mol. The molecule has 0 saturated carbocycles. The predicted molar refractivity (Wildman–Crippen MR) is 76.1 cm³/mol. The number of amides is 1. The zero-order valence-electron chi connectivity index (χ0n) is 11.2. The van der Waals surface area contributed by atoms with Gasteiger partial charge in [0, 0.05) is 30.7 Å². The molecule has 0 spiro atoms. The van der Waals surface area contributed by atoms with Crippen molar-refractivity contribution in [3.8, 4) is 0 Å². The summed E-state index contributed by atoms with van der Waals surface area (Å²) < 4.78 is 1.52. The van der Waals surface area contributed by atoms with Gasteiger partial charge in [0.2, 0.25) is 0 Å². The molecular formula is C13H15ClN4O2. The van der Waals surface area contributed by atoms with Crippen LogP contribution < -0.4 is 11.0 Å². The van der Waals surface area contributed by atoms with Crippen molar-refractivity contribution < 1.29 is 4.79 Å². The predicted octanol–water partition coefficient (Wildman–Crippen LogP) is 1.27. The van der Waals surface area contributed by atoms with Crippen molar-refractivity contribution in [3.63, 3.8) is 0 Å². The molecule has 6 nitrogen and oxygen atoms in total. The smallest absolute Gasteiger partial charge is 0.348 e. The maximum atomic E-state index is 11.8. The first-order valence-electron chi connectivity index (χ1n) is 6.14. The number of hydrogen-bond donors (Lipinski definition) is 2. The van der Waals surface area contributed by atoms with Crippen molar-refractivity contribution in [1.82, 2.24) is 19.9 Å². The van der Waals surface area contributed by atoms with E-state index in [1.165, 1.54) is 10.8 Å². The molecule has 2 rings (SSSR count). The standard InChI is InChI=1S/C13H15ClN4O2/c1-8-5-9(2)18(13(20)17-8)4-3-15-12(19)11-6-10(14)7-16-11/h5-7,16H,3-4H2,1-2H3,(H,15,19). The van der Waals surface area contributed by atoms with Gasteiger partial charge in [-0.3, -0.25) is 9.36 Å². The van der Waals surface area contributed by atoms with Crippen LogP contribution in [0.2, 0.25) is 5.02 Å². The number of hydrogen-bond acceptors (Lipinski definition) is 3. The first kappa shape index (κ1) is 14.3. The van der Waals surface area contributed by atoms with E-state index in [4.69, 9.17) is 11.6 Å². The van der Waals surface area contributed by atoms with Crippen molar-refractivity contribution in [1.29, 1.82) is 0 Å². The van der Waals surface area contributed by atoms with Gasteiger partial charge in [-0.05, 0) is 26.0 Å². The molecule has 106 valence electrons. The summed E-state index contributed by atoms with van der Waals surface area (Å²) in [6, 6.07) is 3.37. The maximum Gasteiger partial charge on any atom is 0.348 e. The number of rotatable bonds is 4. The van der Waals surface area contributed by atoms with Crippen LogP contribution in [0.5, 0.6) is 0 Å². The van der Waals surface area contributed by atoms with Gasteiger partial charge in [0.15, 0.2) is 0 Å². The Morgan fingerprint density at radius 2 is 2.20 bits per heavy atom. The zero-order valence-corrected chi connectivity index (χ0v) is 12.0. The van der Waals surface area contributed by atoms with Crippen molar-refractivity contribution >= 4 is 17.5 Å². The number of aromatic amines is 1. The van der Waals surface area contributed by atoms with Crippen molar-refractivity contribution in [2.24, 2.45) is 0 Å². The SMILES string of the molecule is Cc1cc(C)n(CCNC(=O)c2cc(Cl)c[nH]2)c(=O)n1. The van der Waals surface area contributed by atoms with Gasteiger partial charge in [-0.25, -0.2) is 4.79 Å². The fraction of sp³-hybridized carbons (Fsp3) is 0.308. The second kappa shape index (κ2) is 5.92. The molecule has 0 fully saturated rings. The molecule has 0 radical (unpaired) electrons. The van der Waals surface area contributed by atoms with Gasteiger partial charge in [0.05, 0.1) is 5.02 Å². The van der Waals surface area contributed by atoms with E-state index >= 15 is 0 Å². The number of H-pyrrole nitrogens is 1. The van der Waals surface area contributed by atoms with Gasteiger partial charge in [-0.1, -0.05) is 11.6 Å². The molecule has 0 unspecified atom stereocenters. The Labute approximate surface area is 120 Å². The fourth-order valence-electron chi connectivity index (χ4n) is 1.92. The van der Waals surface area contributed by atoms with E-state index in [-0.39, 0.29) is 11.6 Å². The van der Waals surface area contributed by atoms with Crippen LogP contribution in [-0.4, -0.2) is 27.0 Å². The molecule has 2 heterocycles. The Bertz CT molecular complexity index is 690. The third-order valence-electron chi connectivity index (χ3n) is 2.86. The third kappa shape index (κ3) is 3.27. The van der Waals surface area contributed by atoms with E-state index in [1.807, 2.05) is 13.0 Å².